The minimum absolute atomic E-state index is 0.178. The minimum atomic E-state index is -1.81. The standard InChI is InChI=1S/C24H42O18/c1-6-8(27)3-9(38-23-17(33)14(30)12(28)10(4-25)39-23)22(37-6)42-20-13(29)11(5-26)40-24(18(20)34)41-19-7(2)36-21(35)16(32)15(19)31/h6-35H,3-5H2,1-2H3/t6-,7+,8+,9+,10-,11-,12+,13-,14+,15+,16-,17-,18+,19+,20+,21?,22-,23+,24-/m1/s1. The molecule has 4 saturated heterocycles. The Kier molecular flexibility index (Phi) is 11.5. The van der Waals surface area contributed by atoms with Crippen LogP contribution in [-0.4, -0.2) is 186 Å². The second-order valence-corrected chi connectivity index (χ2v) is 11.0. The van der Waals surface area contributed by atoms with E-state index in [1.807, 2.05) is 0 Å². The highest BCUT2D eigenvalue weighted by atomic mass is 16.8. The van der Waals surface area contributed by atoms with Crippen LogP contribution < -0.4 is 0 Å². The van der Waals surface area contributed by atoms with Crippen molar-refractivity contribution < 1.29 is 89.3 Å². The highest BCUT2D eigenvalue weighted by Crippen LogP contribution is 2.34. The molecular formula is C24H42O18. The minimum Gasteiger partial charge on any atom is -0.394 e. The Morgan fingerprint density at radius 2 is 1.10 bits per heavy atom. The van der Waals surface area contributed by atoms with Crippen molar-refractivity contribution in [1.82, 2.24) is 0 Å². The van der Waals surface area contributed by atoms with Crippen molar-refractivity contribution in [2.75, 3.05) is 13.2 Å². The van der Waals surface area contributed by atoms with Crippen LogP contribution in [0.4, 0.5) is 0 Å². The van der Waals surface area contributed by atoms with E-state index in [0.717, 1.165) is 0 Å². The number of rotatable bonds is 8. The molecule has 0 aromatic rings. The maximum atomic E-state index is 11.1. The van der Waals surface area contributed by atoms with Gasteiger partial charge in [-0.25, -0.2) is 0 Å². The van der Waals surface area contributed by atoms with Gasteiger partial charge < -0.3 is 89.3 Å². The third-order valence-corrected chi connectivity index (χ3v) is 8.03. The number of aliphatic hydroxyl groups is 11. The van der Waals surface area contributed by atoms with Crippen LogP contribution in [0.25, 0.3) is 0 Å². The van der Waals surface area contributed by atoms with Crippen molar-refractivity contribution in [2.45, 2.75) is 137 Å². The van der Waals surface area contributed by atoms with E-state index < -0.39 is 130 Å². The molecule has 11 N–H and O–H groups in total. The fourth-order valence-corrected chi connectivity index (χ4v) is 5.37. The topological polar surface area (TPSA) is 287 Å². The van der Waals surface area contributed by atoms with Gasteiger partial charge in [-0.3, -0.25) is 0 Å². The van der Waals surface area contributed by atoms with E-state index in [1.54, 1.807) is 0 Å². The Bertz CT molecular complexity index is 852. The maximum absolute atomic E-state index is 11.1. The van der Waals surface area contributed by atoms with Crippen LogP contribution in [0.3, 0.4) is 0 Å². The molecule has 4 aliphatic heterocycles. The highest BCUT2D eigenvalue weighted by molar-refractivity contribution is 4.95. The Morgan fingerprint density at radius 1 is 0.524 bits per heavy atom. The number of hydrogen-bond donors (Lipinski definition) is 11. The van der Waals surface area contributed by atoms with E-state index in [-0.39, 0.29) is 6.42 Å². The molecule has 0 aliphatic carbocycles. The van der Waals surface area contributed by atoms with Crippen LogP contribution in [0.1, 0.15) is 20.3 Å². The zero-order valence-corrected chi connectivity index (χ0v) is 22.9. The lowest BCUT2D eigenvalue weighted by Crippen LogP contribution is -2.65. The van der Waals surface area contributed by atoms with Gasteiger partial charge in [0.1, 0.15) is 73.2 Å². The van der Waals surface area contributed by atoms with Crippen LogP contribution in [0.15, 0.2) is 0 Å². The molecule has 0 spiro atoms. The summed E-state index contributed by atoms with van der Waals surface area (Å²) in [5.41, 5.74) is 0. The molecule has 4 aliphatic rings. The lowest BCUT2D eigenvalue weighted by atomic mass is 9.96. The van der Waals surface area contributed by atoms with Crippen molar-refractivity contribution in [3.8, 4) is 0 Å². The van der Waals surface area contributed by atoms with Gasteiger partial charge in [-0.2, -0.15) is 0 Å². The summed E-state index contributed by atoms with van der Waals surface area (Å²) in [5, 5.41) is 112. The molecular weight excluding hydrogens is 576 g/mol. The van der Waals surface area contributed by atoms with Crippen molar-refractivity contribution in [1.29, 1.82) is 0 Å². The van der Waals surface area contributed by atoms with Gasteiger partial charge in [-0.05, 0) is 13.8 Å². The summed E-state index contributed by atoms with van der Waals surface area (Å²) in [7, 11) is 0. The summed E-state index contributed by atoms with van der Waals surface area (Å²) in [6.07, 6.45) is -28.6. The monoisotopic (exact) mass is 618 g/mol. The molecule has 1 unspecified atom stereocenters. The summed E-state index contributed by atoms with van der Waals surface area (Å²) in [6.45, 7) is 1.45. The average molecular weight is 619 g/mol. The van der Waals surface area contributed by atoms with E-state index in [0.29, 0.717) is 0 Å². The van der Waals surface area contributed by atoms with Crippen LogP contribution in [0, 0.1) is 0 Å². The van der Waals surface area contributed by atoms with Crippen molar-refractivity contribution in [3.63, 3.8) is 0 Å². The Labute approximate surface area is 240 Å². The van der Waals surface area contributed by atoms with Gasteiger partial charge in [0.15, 0.2) is 25.2 Å². The average Bonchev–Trinajstić information content (AvgIpc) is 2.95. The summed E-state index contributed by atoms with van der Waals surface area (Å²) < 4.78 is 39.0. The van der Waals surface area contributed by atoms with Crippen LogP contribution >= 0.6 is 0 Å². The lowest BCUT2D eigenvalue weighted by Gasteiger charge is -2.48. The quantitative estimate of drug-likeness (QED) is 0.120. The molecule has 0 amide bonds. The van der Waals surface area contributed by atoms with E-state index in [1.165, 1.54) is 13.8 Å². The predicted octanol–water partition coefficient (Wildman–Crippen LogP) is -6.66. The molecule has 18 heteroatoms. The van der Waals surface area contributed by atoms with Crippen LogP contribution in [0.2, 0.25) is 0 Å². The molecule has 0 aromatic heterocycles. The van der Waals surface area contributed by atoms with Crippen LogP contribution in [-0.2, 0) is 33.2 Å². The molecule has 0 bridgehead atoms. The molecule has 0 radical (unpaired) electrons. The van der Waals surface area contributed by atoms with E-state index in [4.69, 9.17) is 33.2 Å². The molecule has 19 atom stereocenters. The van der Waals surface area contributed by atoms with Gasteiger partial charge in [-0.15, -0.1) is 0 Å². The van der Waals surface area contributed by atoms with Gasteiger partial charge in [0, 0.05) is 6.42 Å². The lowest BCUT2D eigenvalue weighted by molar-refractivity contribution is -0.383. The van der Waals surface area contributed by atoms with Gasteiger partial charge >= 0.3 is 0 Å². The van der Waals surface area contributed by atoms with Gasteiger partial charge in [0.25, 0.3) is 0 Å². The van der Waals surface area contributed by atoms with Crippen molar-refractivity contribution >= 4 is 0 Å². The maximum Gasteiger partial charge on any atom is 0.187 e. The molecule has 0 aromatic carbocycles. The Morgan fingerprint density at radius 3 is 1.71 bits per heavy atom. The third kappa shape index (κ3) is 6.91. The fourth-order valence-electron chi connectivity index (χ4n) is 5.37. The summed E-state index contributed by atoms with van der Waals surface area (Å²) in [6, 6.07) is 0. The number of ether oxygens (including phenoxy) is 7. The van der Waals surface area contributed by atoms with Gasteiger partial charge in [0.05, 0.1) is 31.5 Å². The molecule has 18 nitrogen and oxygen atoms in total. The molecule has 0 saturated carbocycles. The highest BCUT2D eigenvalue weighted by Gasteiger charge is 2.53. The first kappa shape index (κ1) is 34.2. The van der Waals surface area contributed by atoms with Gasteiger partial charge in [0.2, 0.25) is 0 Å². The summed E-state index contributed by atoms with van der Waals surface area (Å²) in [4.78, 5) is 0. The zero-order chi connectivity index (χ0) is 31.0. The molecule has 4 fully saturated rings. The first-order chi connectivity index (χ1) is 19.8. The van der Waals surface area contributed by atoms with E-state index >= 15 is 0 Å². The van der Waals surface area contributed by atoms with Crippen molar-refractivity contribution in [2.24, 2.45) is 0 Å². The number of hydrogen-bond acceptors (Lipinski definition) is 18. The smallest absolute Gasteiger partial charge is 0.187 e. The molecule has 4 heterocycles. The molecule has 246 valence electrons. The predicted molar refractivity (Wildman–Crippen MR) is 130 cm³/mol. The normalized spacial score (nSPS) is 54.1. The summed E-state index contributed by atoms with van der Waals surface area (Å²) >= 11 is 0. The second-order valence-electron chi connectivity index (χ2n) is 11.0. The van der Waals surface area contributed by atoms with Crippen LogP contribution in [0.5, 0.6) is 0 Å². The van der Waals surface area contributed by atoms with Crippen molar-refractivity contribution in [3.05, 3.63) is 0 Å². The third-order valence-electron chi connectivity index (χ3n) is 8.03. The summed E-state index contributed by atoms with van der Waals surface area (Å²) in [5.74, 6) is 0. The molecule has 4 rings (SSSR count). The SMILES string of the molecule is C[C@@H]1OC(O)[C@H](O)[C@H](O)[C@H]1O[C@H]1O[C@H](CO)[C@@H](O)[C@H](O[C@H]2O[C@H](C)[C@@H](O)C[C@@H]2O[C@H]2O[C@H](CO)[C@H](O)[C@H](O)[C@H]2O)[C@@H]1O. The molecule has 42 heavy (non-hydrogen) atoms. The first-order valence-electron chi connectivity index (χ1n) is 13.7. The Hall–Kier alpha value is -0.720. The largest absolute Gasteiger partial charge is 0.394 e. The Balaban J connectivity index is 1.52. The fraction of sp³-hybridized carbons (Fsp3) is 1.00. The zero-order valence-electron chi connectivity index (χ0n) is 22.9. The second kappa shape index (κ2) is 14.1. The van der Waals surface area contributed by atoms with E-state index in [9.17, 15) is 56.2 Å². The van der Waals surface area contributed by atoms with Gasteiger partial charge in [-0.1, -0.05) is 0 Å². The van der Waals surface area contributed by atoms with E-state index in [2.05, 4.69) is 0 Å². The first-order valence-corrected chi connectivity index (χ1v) is 13.7. The number of aliphatic hydroxyl groups excluding tert-OH is 11.